The standard InChI is InChI=1S/C90H125N17O29/c1-8-48(4)74(86(132)100-62(41-54-27-31-56(113)32-28-54)80(126)96-60(38-47(2)3)79(125)98-64(42-72(119)120)78(124)94-49(5)18-11-10-16-35-91)105-85(131)67(46-109)102-81(127)61(40-53-25-29-55(112)30-26-53)97-82(128)65(43-73(121)122)99-84(130)66(45-108)103-88(134)76(51(7)111)106-83(129)63(39-52-19-12-9-13-20-52)101-87(133)75(50(6)110)104-70(116)44-93-77(123)59(33-34-71(117)118)95-69(115)24-17-23-68(114)92-36-37-107-89(135)57-21-14-15-22-58(57)90(107)136/h9,12-15,19-22,25-32,47-51,59-67,74-76,108-113H,8,10-11,16-18,23-24,33-46,91H2,1-7H3,(H,92,114)(H,93,123)(H,94,124)(H,95,115)(H,96,126)(H,97,128)(H,98,125)(H,99,130)(H,100,132)(H,101,133)(H,102,127)(H,103,134)(H,104,116)(H,105,131)(H,106,129)(H,117,118)(H,119,120)(H,121,122)/t48-,49+,50+,51+,59-,60-,61-,62-,63-,64-,65-,66-,67-,74-,75-,76-/m0/s1. The number of imide groups is 1. The smallest absolute Gasteiger partial charge is 0.305 e. The monoisotopic (exact) mass is 1910 g/mol. The van der Waals surface area contributed by atoms with Crippen molar-refractivity contribution >= 4 is 118 Å². The number of aliphatic carboxylic acids is 3. The number of phenolic OH excluding ortho intramolecular Hbond substituents is 2. The molecule has 1 heterocycles. The predicted molar refractivity (Wildman–Crippen MR) is 482 cm³/mol. The lowest BCUT2D eigenvalue weighted by Crippen LogP contribution is -2.63. The molecule has 16 atom stereocenters. The number of carbonyl (C=O) groups excluding carboxylic acids is 17. The molecule has 46 heteroatoms. The molecule has 0 saturated heterocycles. The molecule has 4 aromatic carbocycles. The zero-order valence-corrected chi connectivity index (χ0v) is 76.4. The highest BCUT2D eigenvalue weighted by Crippen LogP contribution is 2.23. The van der Waals surface area contributed by atoms with Crippen LogP contribution in [0.25, 0.3) is 0 Å². The highest BCUT2D eigenvalue weighted by Gasteiger charge is 2.41. The van der Waals surface area contributed by atoms with Crippen LogP contribution in [-0.2, 0) is 106 Å². The van der Waals surface area contributed by atoms with Gasteiger partial charge in [0.25, 0.3) is 11.8 Å². The second-order valence-corrected chi connectivity index (χ2v) is 33.3. The topological polar surface area (TPSA) is 733 Å². The number of carboxylic acids is 3. The average Bonchev–Trinajstić information content (AvgIpc) is 1.64. The number of aromatic hydroxyl groups is 2. The fourth-order valence-electron chi connectivity index (χ4n) is 14.0. The molecule has 5 rings (SSSR count). The van der Waals surface area contributed by atoms with Crippen molar-refractivity contribution in [3.05, 3.63) is 131 Å². The Bertz CT molecular complexity index is 4780. The second kappa shape index (κ2) is 56.8. The van der Waals surface area contributed by atoms with Gasteiger partial charge >= 0.3 is 17.9 Å². The Balaban J connectivity index is 1.28. The fourth-order valence-corrected chi connectivity index (χ4v) is 14.0. The second-order valence-electron chi connectivity index (χ2n) is 33.3. The number of nitrogens with zero attached hydrogens (tertiary/aromatic N) is 1. The van der Waals surface area contributed by atoms with E-state index >= 15 is 0 Å². The maximum atomic E-state index is 14.7. The minimum absolute atomic E-state index is 0.0797. The summed E-state index contributed by atoms with van der Waals surface area (Å²) in [7, 11) is 0. The van der Waals surface area contributed by atoms with Crippen molar-refractivity contribution in [2.24, 2.45) is 17.6 Å². The first kappa shape index (κ1) is 112. The van der Waals surface area contributed by atoms with Crippen LogP contribution in [-0.4, -0.2) is 299 Å². The number of hydrogen-bond donors (Lipinski definition) is 25. The third kappa shape index (κ3) is 38.1. The molecule has 0 aliphatic carbocycles. The largest absolute Gasteiger partial charge is 0.508 e. The molecule has 136 heavy (non-hydrogen) atoms. The van der Waals surface area contributed by atoms with Crippen molar-refractivity contribution in [2.45, 2.75) is 242 Å². The molecule has 0 fully saturated rings. The maximum absolute atomic E-state index is 14.7. The quantitative estimate of drug-likeness (QED) is 0.0146. The maximum Gasteiger partial charge on any atom is 0.305 e. The zero-order chi connectivity index (χ0) is 101. The number of phenols is 2. The van der Waals surface area contributed by atoms with Gasteiger partial charge in [0.15, 0.2) is 0 Å². The van der Waals surface area contributed by atoms with E-state index in [0.29, 0.717) is 30.5 Å². The van der Waals surface area contributed by atoms with Gasteiger partial charge in [-0.1, -0.05) is 114 Å². The molecular weight excluding hydrogens is 1780 g/mol. The van der Waals surface area contributed by atoms with Crippen LogP contribution >= 0.6 is 0 Å². The molecule has 0 aromatic heterocycles. The Morgan fingerprint density at radius 2 is 0.765 bits per heavy atom. The summed E-state index contributed by atoms with van der Waals surface area (Å²) in [5.74, 6) is -24.1. The molecule has 26 N–H and O–H groups in total. The van der Waals surface area contributed by atoms with Crippen molar-refractivity contribution in [2.75, 3.05) is 39.4 Å². The number of benzene rings is 4. The third-order valence-electron chi connectivity index (χ3n) is 21.7. The molecule has 4 aromatic rings. The summed E-state index contributed by atoms with van der Waals surface area (Å²) in [4.78, 5) is 272. The first-order valence-corrected chi connectivity index (χ1v) is 44.3. The molecule has 744 valence electrons. The van der Waals surface area contributed by atoms with Gasteiger partial charge < -0.3 is 131 Å². The lowest BCUT2D eigenvalue weighted by molar-refractivity contribution is -0.142. The number of unbranched alkanes of at least 4 members (excludes halogenated alkanes) is 2. The summed E-state index contributed by atoms with van der Waals surface area (Å²) < 4.78 is 0. The summed E-state index contributed by atoms with van der Waals surface area (Å²) in [6, 6.07) is 1.80. The van der Waals surface area contributed by atoms with E-state index in [1.807, 2.05) is 0 Å². The van der Waals surface area contributed by atoms with Crippen LogP contribution in [0.2, 0.25) is 0 Å². The Morgan fingerprint density at radius 1 is 0.368 bits per heavy atom. The van der Waals surface area contributed by atoms with Crippen LogP contribution in [0.15, 0.2) is 103 Å². The molecule has 1 aliphatic heterocycles. The fraction of sp³-hybridized carbons (Fsp3) is 0.511. The minimum atomic E-state index is -2.23. The summed E-state index contributed by atoms with van der Waals surface area (Å²) in [5.41, 5.74) is 6.91. The van der Waals surface area contributed by atoms with Crippen molar-refractivity contribution in [1.29, 1.82) is 0 Å². The van der Waals surface area contributed by atoms with Crippen LogP contribution in [0, 0.1) is 11.8 Å². The van der Waals surface area contributed by atoms with Crippen LogP contribution in [0.1, 0.15) is 169 Å². The highest BCUT2D eigenvalue weighted by atomic mass is 16.4. The van der Waals surface area contributed by atoms with E-state index in [1.165, 1.54) is 79.7 Å². The van der Waals surface area contributed by atoms with E-state index in [9.17, 15) is 142 Å². The van der Waals surface area contributed by atoms with Crippen LogP contribution in [0.4, 0.5) is 0 Å². The molecule has 17 amide bonds. The van der Waals surface area contributed by atoms with Gasteiger partial charge in [0.2, 0.25) is 88.6 Å². The van der Waals surface area contributed by atoms with E-state index in [1.54, 1.807) is 58.0 Å². The molecule has 0 bridgehead atoms. The lowest BCUT2D eigenvalue weighted by atomic mass is 9.96. The van der Waals surface area contributed by atoms with E-state index in [0.717, 1.165) is 31.6 Å². The van der Waals surface area contributed by atoms with E-state index in [4.69, 9.17) is 5.73 Å². The van der Waals surface area contributed by atoms with Gasteiger partial charge in [-0.3, -0.25) is 101 Å². The highest BCUT2D eigenvalue weighted by molar-refractivity contribution is 6.21. The summed E-state index contributed by atoms with van der Waals surface area (Å²) in [6.07, 6.45) is -6.18. The van der Waals surface area contributed by atoms with E-state index in [-0.39, 0.29) is 85.7 Å². The normalized spacial score (nSPS) is 15.1. The molecular formula is C90H125N17O29. The average molecular weight is 1910 g/mol. The Labute approximate surface area is 782 Å². The van der Waals surface area contributed by atoms with Crippen molar-refractivity contribution in [3.63, 3.8) is 0 Å². The van der Waals surface area contributed by atoms with Crippen molar-refractivity contribution < 1.29 is 142 Å². The molecule has 0 unspecified atom stereocenters. The lowest BCUT2D eigenvalue weighted by Gasteiger charge is -2.30. The molecule has 0 spiro atoms. The number of nitrogens with one attached hydrogen (secondary N) is 15. The Morgan fingerprint density at radius 3 is 1.24 bits per heavy atom. The van der Waals surface area contributed by atoms with Gasteiger partial charge in [0.1, 0.15) is 84.0 Å². The van der Waals surface area contributed by atoms with Gasteiger partial charge in [0, 0.05) is 57.7 Å². The number of aliphatic hydroxyl groups is 4. The molecule has 46 nitrogen and oxygen atoms in total. The summed E-state index contributed by atoms with van der Waals surface area (Å²) in [5, 5.41) is 128. The number of carbonyl (C=O) groups is 20. The number of nitrogens with two attached hydrogens (primary N) is 1. The van der Waals surface area contributed by atoms with E-state index in [2.05, 4.69) is 79.8 Å². The minimum Gasteiger partial charge on any atom is -0.508 e. The summed E-state index contributed by atoms with van der Waals surface area (Å²) >= 11 is 0. The summed E-state index contributed by atoms with van der Waals surface area (Å²) in [6.45, 7) is 6.99. The molecule has 0 saturated carbocycles. The SMILES string of the molecule is CC[C@H](C)[C@H](NC(=O)[C@H](CO)NC(=O)[C@H](Cc1ccc(O)cc1)NC(=O)[C@H](CC(=O)O)NC(=O)[C@H](CO)NC(=O)[C@@H](NC(=O)[C@H](Cc1ccccc1)NC(=O)[C@@H](NC(=O)CNC(=O)[C@H](CCC(=O)O)NC(=O)CCCC(=O)NCCN1C(=O)c2ccccc2C1=O)[C@@H](C)O)[C@@H](C)O)C(=O)N[C@@H](Cc1ccc(O)cc1)C(=O)N[C@@H](CC(C)C)C(=O)N[C@@H](CC(=O)O)C(=O)N[C@H](C)CCCCCN. The first-order chi connectivity index (χ1) is 64.4. The number of carboxylic acid groups (broad SMARTS) is 3. The number of aliphatic hydroxyl groups excluding tert-OH is 4. The predicted octanol–water partition coefficient (Wildman–Crippen LogP) is -4.68. The number of amides is 17. The zero-order valence-electron chi connectivity index (χ0n) is 76.4. The van der Waals surface area contributed by atoms with Gasteiger partial charge in [-0.15, -0.1) is 0 Å². The van der Waals surface area contributed by atoms with Gasteiger partial charge in [-0.25, -0.2) is 0 Å². The number of fused-ring (bicyclic) bond motifs is 1. The van der Waals surface area contributed by atoms with Crippen molar-refractivity contribution in [3.8, 4) is 11.5 Å². The number of hydrogen-bond acceptors (Lipinski definition) is 27. The van der Waals surface area contributed by atoms with Gasteiger partial charge in [-0.2, -0.15) is 0 Å². The molecule has 0 radical (unpaired) electrons. The van der Waals surface area contributed by atoms with E-state index < -0.39 is 273 Å². The van der Waals surface area contributed by atoms with Crippen molar-refractivity contribution in [1.82, 2.24) is 84.7 Å². The molecule has 1 aliphatic rings. The Hall–Kier alpha value is -14.1. The van der Waals surface area contributed by atoms with Gasteiger partial charge in [-0.05, 0) is 124 Å². The first-order valence-electron chi connectivity index (χ1n) is 44.3. The third-order valence-corrected chi connectivity index (χ3v) is 21.7. The van der Waals surface area contributed by atoms with Crippen LogP contribution in [0.3, 0.4) is 0 Å². The van der Waals surface area contributed by atoms with Crippen LogP contribution in [0.5, 0.6) is 11.5 Å². The Kier molecular flexibility index (Phi) is 46.9. The van der Waals surface area contributed by atoms with Crippen LogP contribution < -0.4 is 85.5 Å². The van der Waals surface area contributed by atoms with Gasteiger partial charge in [0.05, 0.1) is 55.9 Å². The number of rotatable bonds is 60.